The van der Waals surface area contributed by atoms with E-state index in [1.807, 2.05) is 19.1 Å². The molecule has 0 aromatic heterocycles. The number of nitrogens with one attached hydrogen (secondary N) is 1. The van der Waals surface area contributed by atoms with Gasteiger partial charge in [0.1, 0.15) is 5.75 Å². The highest BCUT2D eigenvalue weighted by Crippen LogP contribution is 2.26. The molecule has 1 aromatic rings. The summed E-state index contributed by atoms with van der Waals surface area (Å²) in [6, 6.07) is 7.12. The average molecular weight is 312 g/mol. The Morgan fingerprint density at radius 3 is 2.86 bits per heavy atom. The first kappa shape index (κ1) is 16.1. The first-order chi connectivity index (χ1) is 10.1. The first-order valence-corrected chi connectivity index (χ1v) is 7.86. The molecule has 1 aliphatic carbocycles. The van der Waals surface area contributed by atoms with Crippen LogP contribution in [0.25, 0.3) is 0 Å². The van der Waals surface area contributed by atoms with E-state index in [1.54, 1.807) is 12.1 Å². The number of halogens is 1. The Bertz CT molecular complexity index is 480. The van der Waals surface area contributed by atoms with E-state index in [4.69, 9.17) is 16.3 Å². The number of carbonyl (C=O) groups excluding carboxylic acids is 1. The van der Waals surface area contributed by atoms with Crippen LogP contribution in [-0.4, -0.2) is 29.8 Å². The number of hydrogen-bond donors (Lipinski definition) is 2. The molecule has 1 aromatic carbocycles. The lowest BCUT2D eigenvalue weighted by molar-refractivity contribution is -0.128. The second-order valence-electron chi connectivity index (χ2n) is 5.45. The van der Waals surface area contributed by atoms with Crippen LogP contribution in [0.1, 0.15) is 32.6 Å². The molecule has 0 saturated heterocycles. The quantitative estimate of drug-likeness (QED) is 0.849. The molecule has 0 bridgehead atoms. The third kappa shape index (κ3) is 4.35. The molecular weight excluding hydrogens is 290 g/mol. The standard InChI is InChI=1S/C16H22ClNO3/c1-2-14(21-15-9-4-3-7-12(15)17)16(20)18-10-11-6-5-8-13(11)19/h3-4,7,9,11,13-14,19H,2,5-6,8,10H2,1H3,(H,18,20). The molecule has 21 heavy (non-hydrogen) atoms. The highest BCUT2D eigenvalue weighted by atomic mass is 35.5. The molecule has 0 aliphatic heterocycles. The third-order valence-electron chi connectivity index (χ3n) is 3.93. The van der Waals surface area contributed by atoms with Crippen molar-refractivity contribution in [2.45, 2.75) is 44.8 Å². The van der Waals surface area contributed by atoms with Crippen molar-refractivity contribution in [2.24, 2.45) is 5.92 Å². The topological polar surface area (TPSA) is 58.6 Å². The Morgan fingerprint density at radius 2 is 2.24 bits per heavy atom. The van der Waals surface area contributed by atoms with Crippen molar-refractivity contribution in [3.8, 4) is 5.75 Å². The summed E-state index contributed by atoms with van der Waals surface area (Å²) in [6.07, 6.45) is 2.51. The van der Waals surface area contributed by atoms with Crippen molar-refractivity contribution >= 4 is 17.5 Å². The predicted octanol–water partition coefficient (Wildman–Crippen LogP) is 2.77. The van der Waals surface area contributed by atoms with Crippen molar-refractivity contribution in [1.29, 1.82) is 0 Å². The van der Waals surface area contributed by atoms with Gasteiger partial charge in [0.05, 0.1) is 11.1 Å². The normalized spacial score (nSPS) is 22.8. The van der Waals surface area contributed by atoms with Crippen LogP contribution in [0.4, 0.5) is 0 Å². The van der Waals surface area contributed by atoms with Crippen LogP contribution in [-0.2, 0) is 4.79 Å². The number of rotatable bonds is 6. The fraction of sp³-hybridized carbons (Fsp3) is 0.562. The highest BCUT2D eigenvalue weighted by Gasteiger charge is 2.27. The molecule has 2 rings (SSSR count). The molecule has 0 radical (unpaired) electrons. The fourth-order valence-electron chi connectivity index (χ4n) is 2.62. The zero-order chi connectivity index (χ0) is 15.2. The molecule has 1 aliphatic rings. The number of ether oxygens (including phenoxy) is 1. The summed E-state index contributed by atoms with van der Waals surface area (Å²) in [4.78, 5) is 12.2. The number of carbonyl (C=O) groups is 1. The Hall–Kier alpha value is -1.26. The van der Waals surface area contributed by atoms with Gasteiger partial charge < -0.3 is 15.2 Å². The molecule has 1 amide bonds. The van der Waals surface area contributed by atoms with E-state index in [0.29, 0.717) is 23.7 Å². The molecule has 0 spiro atoms. The van der Waals surface area contributed by atoms with Gasteiger partial charge in [0.2, 0.25) is 0 Å². The van der Waals surface area contributed by atoms with Crippen molar-refractivity contribution in [2.75, 3.05) is 6.54 Å². The number of hydrogen-bond acceptors (Lipinski definition) is 3. The van der Waals surface area contributed by atoms with Gasteiger partial charge in [0.25, 0.3) is 5.91 Å². The smallest absolute Gasteiger partial charge is 0.261 e. The maximum Gasteiger partial charge on any atom is 0.261 e. The Kier molecular flexibility index (Phi) is 5.88. The number of para-hydroxylation sites is 1. The Balaban J connectivity index is 1.88. The van der Waals surface area contributed by atoms with Gasteiger partial charge in [-0.05, 0) is 31.4 Å². The van der Waals surface area contributed by atoms with Crippen molar-refractivity contribution in [3.05, 3.63) is 29.3 Å². The van der Waals surface area contributed by atoms with E-state index in [1.165, 1.54) is 0 Å². The molecular formula is C16H22ClNO3. The number of amides is 1. The van der Waals surface area contributed by atoms with Gasteiger partial charge >= 0.3 is 0 Å². The zero-order valence-electron chi connectivity index (χ0n) is 12.2. The zero-order valence-corrected chi connectivity index (χ0v) is 13.0. The molecule has 4 nitrogen and oxygen atoms in total. The molecule has 116 valence electrons. The average Bonchev–Trinajstić information content (AvgIpc) is 2.89. The van der Waals surface area contributed by atoms with Crippen LogP contribution in [0.3, 0.4) is 0 Å². The lowest BCUT2D eigenvalue weighted by Gasteiger charge is -2.20. The minimum absolute atomic E-state index is 0.156. The van der Waals surface area contributed by atoms with Crippen LogP contribution in [0.2, 0.25) is 5.02 Å². The summed E-state index contributed by atoms with van der Waals surface area (Å²) >= 11 is 6.04. The van der Waals surface area contributed by atoms with Crippen molar-refractivity contribution in [1.82, 2.24) is 5.32 Å². The van der Waals surface area contributed by atoms with Gasteiger partial charge in [0.15, 0.2) is 6.10 Å². The molecule has 0 heterocycles. The molecule has 3 atom stereocenters. The summed E-state index contributed by atoms with van der Waals surface area (Å²) in [7, 11) is 0. The van der Waals surface area contributed by atoms with E-state index < -0.39 is 6.10 Å². The van der Waals surface area contributed by atoms with Crippen molar-refractivity contribution < 1.29 is 14.6 Å². The summed E-state index contributed by atoms with van der Waals surface area (Å²) in [5.41, 5.74) is 0. The van der Waals surface area contributed by atoms with Crippen molar-refractivity contribution in [3.63, 3.8) is 0 Å². The summed E-state index contributed by atoms with van der Waals surface area (Å²) < 4.78 is 5.69. The van der Waals surface area contributed by atoms with E-state index in [2.05, 4.69) is 5.32 Å². The van der Waals surface area contributed by atoms with Crippen LogP contribution in [0, 0.1) is 5.92 Å². The Labute approximate surface area is 130 Å². The Morgan fingerprint density at radius 1 is 1.48 bits per heavy atom. The SMILES string of the molecule is CCC(Oc1ccccc1Cl)C(=O)NCC1CCCC1O. The lowest BCUT2D eigenvalue weighted by Crippen LogP contribution is -2.41. The maximum atomic E-state index is 12.2. The third-order valence-corrected chi connectivity index (χ3v) is 4.24. The molecule has 2 N–H and O–H groups in total. The van der Waals surface area contributed by atoms with E-state index in [0.717, 1.165) is 19.3 Å². The summed E-state index contributed by atoms with van der Waals surface area (Å²) in [5, 5.41) is 13.1. The minimum Gasteiger partial charge on any atom is -0.479 e. The van der Waals surface area contributed by atoms with Gasteiger partial charge in [-0.2, -0.15) is 0 Å². The first-order valence-electron chi connectivity index (χ1n) is 7.48. The van der Waals surface area contributed by atoms with E-state index >= 15 is 0 Å². The van der Waals surface area contributed by atoms with Gasteiger partial charge in [0, 0.05) is 12.5 Å². The largest absolute Gasteiger partial charge is 0.479 e. The highest BCUT2D eigenvalue weighted by molar-refractivity contribution is 6.32. The van der Waals surface area contributed by atoms with E-state index in [9.17, 15) is 9.90 Å². The number of benzene rings is 1. The second kappa shape index (κ2) is 7.66. The molecule has 1 fully saturated rings. The van der Waals surface area contributed by atoms with Crippen LogP contribution in [0.5, 0.6) is 5.75 Å². The van der Waals surface area contributed by atoms with Crippen LogP contribution < -0.4 is 10.1 Å². The molecule has 5 heteroatoms. The fourth-order valence-corrected chi connectivity index (χ4v) is 2.80. The van der Waals surface area contributed by atoms with Gasteiger partial charge in [-0.3, -0.25) is 4.79 Å². The van der Waals surface area contributed by atoms with E-state index in [-0.39, 0.29) is 17.9 Å². The van der Waals surface area contributed by atoms with Gasteiger partial charge in [-0.1, -0.05) is 37.1 Å². The van der Waals surface area contributed by atoms with Gasteiger partial charge in [-0.15, -0.1) is 0 Å². The lowest BCUT2D eigenvalue weighted by atomic mass is 10.1. The van der Waals surface area contributed by atoms with Gasteiger partial charge in [-0.25, -0.2) is 0 Å². The number of aliphatic hydroxyl groups excluding tert-OH is 1. The minimum atomic E-state index is -0.566. The van der Waals surface area contributed by atoms with Crippen LogP contribution in [0.15, 0.2) is 24.3 Å². The monoisotopic (exact) mass is 311 g/mol. The molecule has 3 unspecified atom stereocenters. The van der Waals surface area contributed by atoms with Crippen LogP contribution >= 0.6 is 11.6 Å². The number of aliphatic hydroxyl groups is 1. The predicted molar refractivity (Wildman–Crippen MR) is 82.5 cm³/mol. The summed E-state index contributed by atoms with van der Waals surface area (Å²) in [6.45, 7) is 2.40. The summed E-state index contributed by atoms with van der Waals surface area (Å²) in [5.74, 6) is 0.519. The second-order valence-corrected chi connectivity index (χ2v) is 5.86. The molecule has 1 saturated carbocycles. The maximum absolute atomic E-state index is 12.2.